The SMILES string of the molecule is C1=CN(c2ccccc2)C(c2ccc(CCc3cc(CCc4ccc(-c5nccn5-c5ccccc5)cc4)cc(-c4ccccc4-c4ccc(-c5ccccn5)cc4-c4ccc(-c5ccccc5)cc4)c3)cc2)N1. The van der Waals surface area contributed by atoms with Crippen molar-refractivity contribution in [1.82, 2.24) is 19.9 Å². The second kappa shape index (κ2) is 21.2. The maximum atomic E-state index is 4.76. The van der Waals surface area contributed by atoms with Gasteiger partial charge in [-0.3, -0.25) is 9.55 Å². The van der Waals surface area contributed by atoms with E-state index in [2.05, 4.69) is 252 Å². The summed E-state index contributed by atoms with van der Waals surface area (Å²) in [5.41, 5.74) is 21.5. The Kier molecular flexibility index (Phi) is 13.1. The van der Waals surface area contributed by atoms with Gasteiger partial charge in [-0.05, 0) is 140 Å². The number of hydrogen-bond acceptors (Lipinski definition) is 4. The first-order valence-electron chi connectivity index (χ1n) is 25.6. The molecule has 1 atom stereocenters. The van der Waals surface area contributed by atoms with Gasteiger partial charge in [-0.1, -0.05) is 200 Å². The number of pyridine rings is 1. The first kappa shape index (κ1) is 45.8. The molecule has 12 rings (SSSR count). The quantitative estimate of drug-likeness (QED) is 0.111. The molecule has 5 nitrogen and oxygen atoms in total. The molecule has 1 N–H and O–H groups in total. The van der Waals surface area contributed by atoms with Gasteiger partial charge in [-0.2, -0.15) is 0 Å². The summed E-state index contributed by atoms with van der Waals surface area (Å²) in [6, 6.07) is 87.9. The number of aryl methyl sites for hydroxylation is 4. The minimum Gasteiger partial charge on any atom is -0.366 e. The van der Waals surface area contributed by atoms with Crippen LogP contribution in [0.5, 0.6) is 0 Å². The monoisotopic (exact) mass is 953 g/mol. The van der Waals surface area contributed by atoms with E-state index in [9.17, 15) is 0 Å². The van der Waals surface area contributed by atoms with Crippen LogP contribution in [0.1, 0.15) is 34.0 Å². The maximum Gasteiger partial charge on any atom is 0.144 e. The van der Waals surface area contributed by atoms with Crippen LogP contribution in [-0.2, 0) is 25.7 Å². The Morgan fingerprint density at radius 3 is 1.61 bits per heavy atom. The lowest BCUT2D eigenvalue weighted by Gasteiger charge is -2.26. The fourth-order valence-electron chi connectivity index (χ4n) is 10.4. The molecular weight excluding hydrogens is 899 g/mol. The molecule has 0 bridgehead atoms. The van der Waals surface area contributed by atoms with Crippen LogP contribution in [0, 0.1) is 0 Å². The van der Waals surface area contributed by atoms with Crippen LogP contribution in [0.3, 0.4) is 0 Å². The molecule has 11 aromatic rings. The van der Waals surface area contributed by atoms with E-state index in [-0.39, 0.29) is 6.17 Å². The number of benzene rings is 9. The van der Waals surface area contributed by atoms with E-state index in [1.807, 2.05) is 36.9 Å². The summed E-state index contributed by atoms with van der Waals surface area (Å²) < 4.78 is 2.15. The topological polar surface area (TPSA) is 46.0 Å². The molecule has 0 radical (unpaired) electrons. The molecule has 356 valence electrons. The van der Waals surface area contributed by atoms with E-state index in [1.54, 1.807) is 0 Å². The number of aromatic nitrogens is 3. The minimum absolute atomic E-state index is 0.0554. The van der Waals surface area contributed by atoms with Crippen molar-refractivity contribution in [3.05, 3.63) is 301 Å². The zero-order valence-corrected chi connectivity index (χ0v) is 41.2. The van der Waals surface area contributed by atoms with Crippen LogP contribution < -0.4 is 10.2 Å². The van der Waals surface area contributed by atoms with Crippen LogP contribution in [-0.4, -0.2) is 14.5 Å². The third-order valence-corrected chi connectivity index (χ3v) is 14.3. The van der Waals surface area contributed by atoms with Gasteiger partial charge in [0, 0.05) is 53.5 Å². The Bertz CT molecular complexity index is 3660. The predicted octanol–water partition coefficient (Wildman–Crippen LogP) is 16.4. The molecule has 9 aromatic carbocycles. The van der Waals surface area contributed by atoms with E-state index in [4.69, 9.17) is 9.97 Å². The van der Waals surface area contributed by atoms with Crippen molar-refractivity contribution in [2.75, 3.05) is 4.90 Å². The Balaban J connectivity index is 0.873. The smallest absolute Gasteiger partial charge is 0.144 e. The highest BCUT2D eigenvalue weighted by Gasteiger charge is 2.22. The molecule has 0 aliphatic carbocycles. The number of para-hydroxylation sites is 2. The van der Waals surface area contributed by atoms with Gasteiger partial charge in [0.15, 0.2) is 0 Å². The minimum atomic E-state index is 0.0554. The lowest BCUT2D eigenvalue weighted by atomic mass is 9.86. The van der Waals surface area contributed by atoms with Gasteiger partial charge < -0.3 is 10.2 Å². The van der Waals surface area contributed by atoms with Crippen LogP contribution in [0.2, 0.25) is 0 Å². The van der Waals surface area contributed by atoms with Gasteiger partial charge >= 0.3 is 0 Å². The number of anilines is 1. The van der Waals surface area contributed by atoms with Crippen molar-refractivity contribution in [2.24, 2.45) is 0 Å². The van der Waals surface area contributed by atoms with Crippen molar-refractivity contribution in [3.63, 3.8) is 0 Å². The summed E-state index contributed by atoms with van der Waals surface area (Å²) in [6.45, 7) is 0. The van der Waals surface area contributed by atoms with Gasteiger partial charge in [0.25, 0.3) is 0 Å². The molecule has 5 heteroatoms. The highest BCUT2D eigenvalue weighted by molar-refractivity contribution is 5.94. The molecule has 0 amide bonds. The zero-order chi connectivity index (χ0) is 49.5. The molecule has 0 saturated carbocycles. The van der Waals surface area contributed by atoms with Crippen molar-refractivity contribution in [2.45, 2.75) is 31.8 Å². The van der Waals surface area contributed by atoms with Crippen LogP contribution in [0.4, 0.5) is 5.69 Å². The molecule has 1 aliphatic heterocycles. The zero-order valence-electron chi connectivity index (χ0n) is 41.2. The normalized spacial score (nSPS) is 13.0. The fourth-order valence-corrected chi connectivity index (χ4v) is 10.4. The number of nitrogens with zero attached hydrogens (tertiary/aromatic N) is 4. The second-order valence-electron chi connectivity index (χ2n) is 19.0. The molecule has 0 fully saturated rings. The summed E-state index contributed by atoms with van der Waals surface area (Å²) in [5, 5.41) is 3.55. The molecule has 1 unspecified atom stereocenters. The number of nitrogens with one attached hydrogen (secondary N) is 1. The second-order valence-corrected chi connectivity index (χ2v) is 19.0. The van der Waals surface area contributed by atoms with E-state index < -0.39 is 0 Å². The third-order valence-electron chi connectivity index (χ3n) is 14.3. The van der Waals surface area contributed by atoms with Gasteiger partial charge in [0.05, 0.1) is 5.69 Å². The highest BCUT2D eigenvalue weighted by atomic mass is 15.3. The first-order chi connectivity index (χ1) is 36.7. The predicted molar refractivity (Wildman–Crippen MR) is 306 cm³/mol. The van der Waals surface area contributed by atoms with Crippen LogP contribution in [0.25, 0.3) is 72.8 Å². The van der Waals surface area contributed by atoms with Crippen molar-refractivity contribution < 1.29 is 0 Å². The van der Waals surface area contributed by atoms with E-state index in [0.717, 1.165) is 59.6 Å². The lowest BCUT2D eigenvalue weighted by molar-refractivity contribution is 0.667. The largest absolute Gasteiger partial charge is 0.366 e. The van der Waals surface area contributed by atoms with Gasteiger partial charge in [0.2, 0.25) is 0 Å². The highest BCUT2D eigenvalue weighted by Crippen LogP contribution is 2.41. The summed E-state index contributed by atoms with van der Waals surface area (Å²) >= 11 is 0. The number of rotatable bonds is 15. The summed E-state index contributed by atoms with van der Waals surface area (Å²) in [4.78, 5) is 11.8. The summed E-state index contributed by atoms with van der Waals surface area (Å²) in [5.74, 6) is 0.938. The molecule has 2 aromatic heterocycles. The van der Waals surface area contributed by atoms with Crippen molar-refractivity contribution in [1.29, 1.82) is 0 Å². The average molecular weight is 954 g/mol. The van der Waals surface area contributed by atoms with Gasteiger partial charge in [0.1, 0.15) is 12.0 Å². The molecule has 0 saturated heterocycles. The molecule has 1 aliphatic rings. The van der Waals surface area contributed by atoms with Crippen LogP contribution >= 0.6 is 0 Å². The number of hydrogen-bond donors (Lipinski definition) is 1. The average Bonchev–Trinajstić information content (AvgIpc) is 4.20. The van der Waals surface area contributed by atoms with Crippen LogP contribution in [0.15, 0.2) is 274 Å². The van der Waals surface area contributed by atoms with Gasteiger partial charge in [-0.25, -0.2) is 4.98 Å². The Hall–Kier alpha value is -9.32. The lowest BCUT2D eigenvalue weighted by Crippen LogP contribution is -2.26. The Morgan fingerprint density at radius 2 is 0.919 bits per heavy atom. The molecule has 3 heterocycles. The summed E-state index contributed by atoms with van der Waals surface area (Å²) in [6.07, 6.45) is 13.7. The Morgan fingerprint density at radius 1 is 0.365 bits per heavy atom. The molecule has 0 spiro atoms. The number of imidazole rings is 1. The Labute approximate surface area is 434 Å². The maximum absolute atomic E-state index is 4.76. The van der Waals surface area contributed by atoms with E-state index >= 15 is 0 Å². The van der Waals surface area contributed by atoms with Gasteiger partial charge in [-0.15, -0.1) is 0 Å². The fraction of sp³-hybridized carbons (Fsp3) is 0.0725. The van der Waals surface area contributed by atoms with Crippen molar-refractivity contribution >= 4 is 5.69 Å². The van der Waals surface area contributed by atoms with E-state index in [1.165, 1.54) is 72.4 Å². The standard InChI is InChI=1S/C69H55N5/c1-4-14-54(15-5-1)55-35-37-56(38-36-55)66-49-59(67-22-12-13-41-70-67)39-40-65(66)64-21-11-10-20-63(64)60-47-52(25-23-50-27-31-57(32-28-50)68-71-42-44-73(68)61-16-6-2-7-17-61)46-53(48-60)26-24-51-29-33-58(34-30-51)69-72-43-45-74(69)62-18-8-3-9-19-62/h1-22,27-49,68,71H,23-26H2. The third kappa shape index (κ3) is 9.97. The van der Waals surface area contributed by atoms with Crippen molar-refractivity contribution in [3.8, 4) is 72.8 Å². The molecule has 74 heavy (non-hydrogen) atoms. The first-order valence-corrected chi connectivity index (χ1v) is 25.6. The summed E-state index contributed by atoms with van der Waals surface area (Å²) in [7, 11) is 0. The van der Waals surface area contributed by atoms with E-state index in [0.29, 0.717) is 0 Å². The molecular formula is C69H55N5.